The summed E-state index contributed by atoms with van der Waals surface area (Å²) in [7, 11) is 0. The minimum Gasteiger partial charge on any atom is -0.487 e. The molecule has 1 aromatic heterocycles. The number of nitrogens with zero attached hydrogens (tertiary/aromatic N) is 2. The second kappa shape index (κ2) is 8.47. The van der Waals surface area contributed by atoms with E-state index < -0.39 is 11.0 Å². The van der Waals surface area contributed by atoms with Crippen LogP contribution in [-0.2, 0) is 16.6 Å². The summed E-state index contributed by atoms with van der Waals surface area (Å²) in [4.78, 5) is 18.3. The van der Waals surface area contributed by atoms with Gasteiger partial charge in [-0.3, -0.25) is 9.69 Å². The van der Waals surface area contributed by atoms with Crippen LogP contribution in [0.3, 0.4) is 0 Å². The molecule has 6 nitrogen and oxygen atoms in total. The van der Waals surface area contributed by atoms with E-state index >= 15 is 0 Å². The molecule has 3 heterocycles. The van der Waals surface area contributed by atoms with Crippen LogP contribution in [0, 0.1) is 11.8 Å². The van der Waals surface area contributed by atoms with Gasteiger partial charge in [-0.15, -0.1) is 0 Å². The summed E-state index contributed by atoms with van der Waals surface area (Å²) in [6.07, 6.45) is 12.4. The molecule has 1 aromatic carbocycles. The minimum absolute atomic E-state index is 0.0000446. The van der Waals surface area contributed by atoms with Gasteiger partial charge in [0.05, 0.1) is 29.6 Å². The number of hydrogen-bond donors (Lipinski definition) is 1. The van der Waals surface area contributed by atoms with Gasteiger partial charge < -0.3 is 19.2 Å². The summed E-state index contributed by atoms with van der Waals surface area (Å²) in [5, 5.41) is 12.7. The number of rotatable bonds is 7. The van der Waals surface area contributed by atoms with Crippen molar-refractivity contribution in [2.75, 3.05) is 19.6 Å². The van der Waals surface area contributed by atoms with Crippen LogP contribution in [-0.4, -0.2) is 64.2 Å². The van der Waals surface area contributed by atoms with Crippen molar-refractivity contribution in [3.05, 3.63) is 59.6 Å². The van der Waals surface area contributed by atoms with Gasteiger partial charge in [-0.2, -0.15) is 0 Å². The van der Waals surface area contributed by atoms with E-state index in [9.17, 15) is 9.90 Å². The lowest BCUT2D eigenvalue weighted by molar-refractivity contribution is -0.201. The van der Waals surface area contributed by atoms with Crippen molar-refractivity contribution in [3.63, 3.8) is 0 Å². The zero-order chi connectivity index (χ0) is 25.4. The highest BCUT2D eigenvalue weighted by Gasteiger charge is 2.73. The normalized spacial score (nSPS) is 34.0. The molecule has 37 heavy (non-hydrogen) atoms. The topological polar surface area (TPSA) is 66.2 Å². The Labute approximate surface area is 219 Å². The highest BCUT2D eigenvalue weighted by Crippen LogP contribution is 2.64. The second-order valence-corrected chi connectivity index (χ2v) is 12.5. The van der Waals surface area contributed by atoms with Crippen molar-refractivity contribution in [1.29, 1.82) is 0 Å². The Balaban J connectivity index is 1.28. The van der Waals surface area contributed by atoms with Crippen molar-refractivity contribution in [3.8, 4) is 5.75 Å². The van der Waals surface area contributed by atoms with E-state index in [1.165, 1.54) is 24.0 Å². The van der Waals surface area contributed by atoms with Gasteiger partial charge in [0, 0.05) is 36.3 Å². The van der Waals surface area contributed by atoms with Crippen LogP contribution in [0.15, 0.2) is 47.3 Å². The first-order valence-corrected chi connectivity index (χ1v) is 14.2. The summed E-state index contributed by atoms with van der Waals surface area (Å²) in [5.41, 5.74) is 2.15. The number of furan rings is 1. The number of benzene rings is 1. The van der Waals surface area contributed by atoms with E-state index in [1.807, 2.05) is 17.0 Å². The van der Waals surface area contributed by atoms with Gasteiger partial charge in [0.15, 0.2) is 0 Å². The number of carbonyl (C=O) groups is 1. The number of piperidine rings is 1. The average Bonchev–Trinajstić information content (AvgIpc) is 3.39. The van der Waals surface area contributed by atoms with Crippen LogP contribution in [0.1, 0.15) is 62.6 Å². The van der Waals surface area contributed by atoms with Crippen LogP contribution in [0.5, 0.6) is 5.75 Å². The fourth-order valence-corrected chi connectivity index (χ4v) is 8.16. The van der Waals surface area contributed by atoms with Crippen molar-refractivity contribution >= 4 is 12.0 Å². The van der Waals surface area contributed by atoms with Gasteiger partial charge in [0.1, 0.15) is 11.9 Å². The third kappa shape index (κ3) is 3.48. The summed E-state index contributed by atoms with van der Waals surface area (Å²) in [6.45, 7) is 7.07. The second-order valence-electron chi connectivity index (χ2n) is 12.5. The maximum Gasteiger partial charge on any atom is 0.246 e. The fourth-order valence-electron chi connectivity index (χ4n) is 8.16. The predicted octanol–water partition coefficient (Wildman–Crippen LogP) is 4.41. The van der Waals surface area contributed by atoms with Gasteiger partial charge in [-0.1, -0.05) is 26.0 Å². The molecule has 5 atom stereocenters. The lowest BCUT2D eigenvalue weighted by atomic mass is 9.48. The summed E-state index contributed by atoms with van der Waals surface area (Å²) in [5.74, 6) is 2.04. The zero-order valence-corrected chi connectivity index (χ0v) is 21.9. The molecule has 1 spiro atoms. The van der Waals surface area contributed by atoms with Gasteiger partial charge >= 0.3 is 0 Å². The Morgan fingerprint density at radius 3 is 2.86 bits per heavy atom. The van der Waals surface area contributed by atoms with E-state index in [4.69, 9.17) is 9.15 Å². The van der Waals surface area contributed by atoms with E-state index in [0.29, 0.717) is 18.9 Å². The van der Waals surface area contributed by atoms with Crippen LogP contribution < -0.4 is 4.74 Å². The number of amides is 1. The number of aliphatic hydroxyl groups is 1. The Kier molecular flexibility index (Phi) is 5.39. The van der Waals surface area contributed by atoms with E-state index in [1.54, 1.807) is 18.6 Å². The van der Waals surface area contributed by atoms with Crippen molar-refractivity contribution in [2.45, 2.75) is 81.6 Å². The molecule has 2 aromatic rings. The van der Waals surface area contributed by atoms with Crippen LogP contribution >= 0.6 is 0 Å². The number of likely N-dealkylation sites (tertiary alicyclic amines) is 1. The lowest BCUT2D eigenvalue weighted by Crippen LogP contribution is -2.78. The average molecular weight is 503 g/mol. The van der Waals surface area contributed by atoms with Gasteiger partial charge in [-0.05, 0) is 80.7 Å². The predicted molar refractivity (Wildman–Crippen MR) is 141 cm³/mol. The molecule has 1 N–H and O–H groups in total. The third-order valence-corrected chi connectivity index (χ3v) is 9.84. The number of hydrogen-bond acceptors (Lipinski definition) is 5. The molecule has 3 fully saturated rings. The molecule has 7 rings (SSSR count). The molecular formula is C31H38N2O4. The maximum atomic E-state index is 13.7. The quantitative estimate of drug-likeness (QED) is 0.568. The highest BCUT2D eigenvalue weighted by atomic mass is 16.5. The molecule has 0 radical (unpaired) electrons. The molecule has 2 bridgehead atoms. The highest BCUT2D eigenvalue weighted by molar-refractivity contribution is 5.92. The standard InChI is InChI=1S/C31H38N2O4/c1-20(2)17-33(27(34)9-8-22-11-15-36-19-22)24-10-12-31(35)26-16-23-4-3-5-25-28(23)30(31,29(24)37-25)13-14-32(26)18-21-6-7-21/h3-5,8-9,11,15,19-21,24,26,29,35H,6-7,10,12-14,16-18H2,1-2H3/b9-8+/t24-,26-,29+,30+,31-/m1/s1. The zero-order valence-electron chi connectivity index (χ0n) is 21.9. The molecule has 1 amide bonds. The lowest BCUT2D eigenvalue weighted by Gasteiger charge is -2.65. The molecule has 6 heteroatoms. The van der Waals surface area contributed by atoms with E-state index in [-0.39, 0.29) is 24.1 Å². The fraction of sp³-hybridized carbons (Fsp3) is 0.581. The Bertz CT molecular complexity index is 1220. The van der Waals surface area contributed by atoms with Crippen molar-refractivity contribution in [2.24, 2.45) is 11.8 Å². The first-order chi connectivity index (χ1) is 17.9. The van der Waals surface area contributed by atoms with Crippen LogP contribution in [0.25, 0.3) is 6.08 Å². The smallest absolute Gasteiger partial charge is 0.246 e. The summed E-state index contributed by atoms with van der Waals surface area (Å²) >= 11 is 0. The van der Waals surface area contributed by atoms with E-state index in [2.05, 4.69) is 36.9 Å². The largest absolute Gasteiger partial charge is 0.487 e. The van der Waals surface area contributed by atoms with Crippen molar-refractivity contribution < 1.29 is 19.1 Å². The molecular weight excluding hydrogens is 464 g/mol. The van der Waals surface area contributed by atoms with Crippen molar-refractivity contribution in [1.82, 2.24) is 9.80 Å². The third-order valence-electron chi connectivity index (χ3n) is 9.84. The Hall–Kier alpha value is -2.57. The SMILES string of the molecule is CC(C)CN(C(=O)/C=C/c1ccoc1)[C@@H]1CC[C@@]2(O)[C@H]3Cc4cccc5c4[C@@]2(CCN3CC2CC2)[C@H]1O5. The van der Waals surface area contributed by atoms with Gasteiger partial charge in [0.2, 0.25) is 5.91 Å². The summed E-state index contributed by atoms with van der Waals surface area (Å²) in [6, 6.07) is 8.31. The first-order valence-electron chi connectivity index (χ1n) is 14.2. The van der Waals surface area contributed by atoms with E-state index in [0.717, 1.165) is 49.6 Å². The number of ether oxygens (including phenoxy) is 1. The molecule has 2 aliphatic heterocycles. The maximum absolute atomic E-state index is 13.7. The molecule has 3 aliphatic carbocycles. The molecule has 0 unspecified atom stereocenters. The molecule has 1 saturated heterocycles. The first kappa shape index (κ1) is 23.5. The van der Waals surface area contributed by atoms with Crippen LogP contribution in [0.2, 0.25) is 0 Å². The monoisotopic (exact) mass is 502 g/mol. The minimum atomic E-state index is -0.833. The Morgan fingerprint density at radius 1 is 1.24 bits per heavy atom. The van der Waals surface area contributed by atoms with Crippen LogP contribution in [0.4, 0.5) is 0 Å². The molecule has 196 valence electrons. The number of carbonyl (C=O) groups excluding carboxylic acids is 1. The molecule has 5 aliphatic rings. The van der Waals surface area contributed by atoms with Gasteiger partial charge in [0.25, 0.3) is 0 Å². The van der Waals surface area contributed by atoms with Gasteiger partial charge in [-0.25, -0.2) is 0 Å². The Morgan fingerprint density at radius 2 is 2.11 bits per heavy atom. The summed E-state index contributed by atoms with van der Waals surface area (Å²) < 4.78 is 12.0. The molecule has 2 saturated carbocycles.